The van der Waals surface area contributed by atoms with Crippen molar-refractivity contribution >= 4 is 11.0 Å². The lowest BCUT2D eigenvalue weighted by molar-refractivity contribution is 0.430. The molecule has 33 heavy (non-hydrogen) atoms. The molecular formula is C30H39NO2. The second kappa shape index (κ2) is 11.4. The molecule has 0 fully saturated rings. The van der Waals surface area contributed by atoms with Gasteiger partial charge in [0.15, 0.2) is 5.43 Å². The summed E-state index contributed by atoms with van der Waals surface area (Å²) >= 11 is 0. The van der Waals surface area contributed by atoms with Gasteiger partial charge in [0.1, 0.15) is 5.58 Å². The van der Waals surface area contributed by atoms with E-state index in [1.807, 2.05) is 39.1 Å². The van der Waals surface area contributed by atoms with Gasteiger partial charge in [-0.1, -0.05) is 64.8 Å². The van der Waals surface area contributed by atoms with Crippen molar-refractivity contribution in [3.63, 3.8) is 0 Å². The molecule has 1 aliphatic rings. The van der Waals surface area contributed by atoms with Crippen LogP contribution in [0.2, 0.25) is 0 Å². The molecule has 3 nitrogen and oxygen atoms in total. The van der Waals surface area contributed by atoms with Gasteiger partial charge in [-0.3, -0.25) is 4.79 Å². The number of benzene rings is 2. The Bertz CT molecular complexity index is 1150. The standard InChI is InChI=1S/C28H33NO2.C2H6/c1-5-15-29-18(4)20-9-11-22-21(10-8-19(6-2)7-3)23-12-13-24-26(30)14-16-31-28(24)27(23)25(22)17-20;1-2/h5,9,11-19,21,29H,6-8,10H2,1-4H3;1-2H3/b15-5-;. The average molecular weight is 446 g/mol. The van der Waals surface area contributed by atoms with Crippen LogP contribution < -0.4 is 10.7 Å². The minimum absolute atomic E-state index is 0.0188. The van der Waals surface area contributed by atoms with Gasteiger partial charge < -0.3 is 9.73 Å². The highest BCUT2D eigenvalue weighted by Gasteiger charge is 2.32. The zero-order chi connectivity index (χ0) is 24.0. The highest BCUT2D eigenvalue weighted by Crippen LogP contribution is 2.50. The van der Waals surface area contributed by atoms with Crippen molar-refractivity contribution in [1.82, 2.24) is 5.32 Å². The minimum atomic E-state index is 0.0188. The summed E-state index contributed by atoms with van der Waals surface area (Å²) < 4.78 is 5.95. The minimum Gasteiger partial charge on any atom is -0.463 e. The smallest absolute Gasteiger partial charge is 0.192 e. The van der Waals surface area contributed by atoms with Gasteiger partial charge in [0.05, 0.1) is 11.6 Å². The molecule has 4 rings (SSSR count). The molecule has 0 amide bonds. The van der Waals surface area contributed by atoms with Crippen LogP contribution in [-0.2, 0) is 0 Å². The van der Waals surface area contributed by atoms with Gasteiger partial charge in [-0.2, -0.15) is 0 Å². The molecule has 0 radical (unpaired) electrons. The number of rotatable bonds is 8. The van der Waals surface area contributed by atoms with E-state index in [9.17, 15) is 4.79 Å². The third kappa shape index (κ3) is 4.93. The van der Waals surface area contributed by atoms with E-state index in [-0.39, 0.29) is 11.5 Å². The van der Waals surface area contributed by atoms with E-state index in [2.05, 4.69) is 50.4 Å². The van der Waals surface area contributed by atoms with Crippen LogP contribution in [0.4, 0.5) is 0 Å². The molecule has 0 saturated carbocycles. The third-order valence-electron chi connectivity index (χ3n) is 6.99. The molecule has 1 N–H and O–H groups in total. The van der Waals surface area contributed by atoms with Crippen molar-refractivity contribution in [3.8, 4) is 11.1 Å². The van der Waals surface area contributed by atoms with Gasteiger partial charge in [0, 0.05) is 23.6 Å². The van der Waals surface area contributed by atoms with Crippen molar-refractivity contribution in [3.05, 3.63) is 81.9 Å². The van der Waals surface area contributed by atoms with Crippen LogP contribution in [0, 0.1) is 5.92 Å². The van der Waals surface area contributed by atoms with Crippen molar-refractivity contribution in [1.29, 1.82) is 0 Å². The van der Waals surface area contributed by atoms with Crippen LogP contribution in [0.1, 0.15) is 95.9 Å². The molecule has 3 heteroatoms. The SMILES string of the molecule is C/C=C\NC(C)c1ccc2c(c1)-c1c(ccc3c(=O)ccoc13)C2CCC(CC)CC.CC. The van der Waals surface area contributed by atoms with Gasteiger partial charge in [-0.25, -0.2) is 0 Å². The largest absolute Gasteiger partial charge is 0.463 e. The van der Waals surface area contributed by atoms with Crippen LogP contribution in [0.5, 0.6) is 0 Å². The Kier molecular flexibility index (Phi) is 8.55. The van der Waals surface area contributed by atoms with Crippen LogP contribution in [-0.4, -0.2) is 0 Å². The van der Waals surface area contributed by atoms with Gasteiger partial charge in [0.2, 0.25) is 0 Å². The highest BCUT2D eigenvalue weighted by molar-refractivity contribution is 5.98. The molecule has 2 unspecified atom stereocenters. The predicted octanol–water partition coefficient (Wildman–Crippen LogP) is 8.33. The topological polar surface area (TPSA) is 42.2 Å². The fraction of sp³-hybridized carbons (Fsp3) is 0.433. The number of hydrogen-bond donors (Lipinski definition) is 1. The van der Waals surface area contributed by atoms with E-state index in [0.29, 0.717) is 11.3 Å². The Balaban J connectivity index is 0.00000149. The van der Waals surface area contributed by atoms with E-state index in [4.69, 9.17) is 4.42 Å². The first-order chi connectivity index (χ1) is 16.1. The Morgan fingerprint density at radius 3 is 2.48 bits per heavy atom. The Labute approximate surface area is 198 Å². The van der Waals surface area contributed by atoms with E-state index in [0.717, 1.165) is 23.5 Å². The van der Waals surface area contributed by atoms with Gasteiger partial charge >= 0.3 is 0 Å². The molecule has 2 aromatic carbocycles. The molecule has 1 aromatic heterocycles. The molecule has 176 valence electrons. The van der Waals surface area contributed by atoms with E-state index < -0.39 is 0 Å². The first-order valence-corrected chi connectivity index (χ1v) is 12.6. The van der Waals surface area contributed by atoms with E-state index in [1.54, 1.807) is 0 Å². The summed E-state index contributed by atoms with van der Waals surface area (Å²) in [6.45, 7) is 12.8. The van der Waals surface area contributed by atoms with Crippen LogP contribution in [0.15, 0.2) is 64.1 Å². The molecular weight excluding hydrogens is 406 g/mol. The lowest BCUT2D eigenvalue weighted by Gasteiger charge is -2.19. The summed E-state index contributed by atoms with van der Waals surface area (Å²) in [5.74, 6) is 1.11. The molecule has 1 aliphatic carbocycles. The molecule has 2 atom stereocenters. The number of hydrogen-bond acceptors (Lipinski definition) is 3. The lowest BCUT2D eigenvalue weighted by Crippen LogP contribution is -2.11. The molecule has 0 bridgehead atoms. The Morgan fingerprint density at radius 2 is 1.79 bits per heavy atom. The lowest BCUT2D eigenvalue weighted by atomic mass is 9.86. The molecule has 0 spiro atoms. The summed E-state index contributed by atoms with van der Waals surface area (Å²) in [5.41, 5.74) is 6.97. The summed E-state index contributed by atoms with van der Waals surface area (Å²) in [6.07, 6.45) is 10.3. The quantitative estimate of drug-likeness (QED) is 0.379. The fourth-order valence-corrected chi connectivity index (χ4v) is 5.01. The maximum absolute atomic E-state index is 12.5. The maximum Gasteiger partial charge on any atom is 0.192 e. The van der Waals surface area contributed by atoms with Crippen molar-refractivity contribution in [2.75, 3.05) is 0 Å². The van der Waals surface area contributed by atoms with E-state index >= 15 is 0 Å². The number of nitrogens with one attached hydrogen (secondary N) is 1. The van der Waals surface area contributed by atoms with Crippen molar-refractivity contribution in [2.45, 2.75) is 79.2 Å². The van der Waals surface area contributed by atoms with Gasteiger partial charge in [-0.05, 0) is 73.2 Å². The molecule has 1 heterocycles. The molecule has 3 aromatic rings. The highest BCUT2D eigenvalue weighted by atomic mass is 16.3. The van der Waals surface area contributed by atoms with Crippen molar-refractivity contribution < 1.29 is 4.42 Å². The Hall–Kier alpha value is -2.81. The summed E-state index contributed by atoms with van der Waals surface area (Å²) in [6, 6.07) is 12.7. The van der Waals surface area contributed by atoms with Crippen LogP contribution in [0.25, 0.3) is 22.1 Å². The van der Waals surface area contributed by atoms with E-state index in [1.165, 1.54) is 53.8 Å². The predicted molar refractivity (Wildman–Crippen MR) is 141 cm³/mol. The molecule has 0 aliphatic heterocycles. The fourth-order valence-electron chi connectivity index (χ4n) is 5.01. The monoisotopic (exact) mass is 445 g/mol. The third-order valence-corrected chi connectivity index (χ3v) is 6.99. The normalized spacial score (nSPS) is 15.3. The van der Waals surface area contributed by atoms with Crippen molar-refractivity contribution in [2.24, 2.45) is 5.92 Å². The van der Waals surface area contributed by atoms with Crippen LogP contribution in [0.3, 0.4) is 0 Å². The number of allylic oxidation sites excluding steroid dienone is 1. The number of fused-ring (bicyclic) bond motifs is 5. The molecule has 0 saturated heterocycles. The second-order valence-electron chi connectivity index (χ2n) is 8.74. The summed E-state index contributed by atoms with van der Waals surface area (Å²) in [7, 11) is 0. The average Bonchev–Trinajstić information content (AvgIpc) is 3.18. The van der Waals surface area contributed by atoms with Crippen LogP contribution >= 0.6 is 0 Å². The summed E-state index contributed by atoms with van der Waals surface area (Å²) in [5, 5.41) is 4.09. The zero-order valence-corrected chi connectivity index (χ0v) is 21.1. The second-order valence-corrected chi connectivity index (χ2v) is 8.74. The van der Waals surface area contributed by atoms with Gasteiger partial charge in [-0.15, -0.1) is 0 Å². The van der Waals surface area contributed by atoms with Gasteiger partial charge in [0.25, 0.3) is 0 Å². The Morgan fingerprint density at radius 1 is 1.06 bits per heavy atom. The zero-order valence-electron chi connectivity index (χ0n) is 21.1. The first-order valence-electron chi connectivity index (χ1n) is 12.6. The first kappa shape index (κ1) is 24.8. The maximum atomic E-state index is 12.5. The summed E-state index contributed by atoms with van der Waals surface area (Å²) in [4.78, 5) is 12.5.